The van der Waals surface area contributed by atoms with Crippen LogP contribution in [0.25, 0.3) is 5.65 Å². The van der Waals surface area contributed by atoms with Crippen molar-refractivity contribution >= 4 is 23.1 Å². The number of nitrogens with one attached hydrogen (secondary N) is 1. The highest BCUT2D eigenvalue weighted by Gasteiger charge is 2.45. The molecule has 2 bridgehead atoms. The number of fused-ring (bicyclic) bond motifs is 3. The number of benzene rings is 1. The molecule has 6 rings (SSSR count). The molecule has 8 heteroatoms. The van der Waals surface area contributed by atoms with Gasteiger partial charge in [0.05, 0.1) is 6.54 Å². The van der Waals surface area contributed by atoms with E-state index in [1.165, 1.54) is 0 Å². The van der Waals surface area contributed by atoms with Crippen molar-refractivity contribution in [2.24, 2.45) is 0 Å². The SMILES string of the molecule is Cc1cccc(NC(=O)CN2C3CC2CN(c2ccc4nnc(C)n4n2)C3)c1. The van der Waals surface area contributed by atoms with Gasteiger partial charge in [0.1, 0.15) is 5.82 Å². The summed E-state index contributed by atoms with van der Waals surface area (Å²) in [4.78, 5) is 17.1. The summed E-state index contributed by atoms with van der Waals surface area (Å²) >= 11 is 0. The Morgan fingerprint density at radius 1 is 1.14 bits per heavy atom. The highest BCUT2D eigenvalue weighted by Crippen LogP contribution is 2.33. The number of piperidine rings is 1. The second kappa shape index (κ2) is 6.56. The standard InChI is InChI=1S/C20H23N7O/c1-13-4-3-5-15(8-13)21-20(28)12-26-16-9-17(26)11-25(10-16)19-7-6-18-23-22-14(2)27(18)24-19/h3-8,16-17H,9-12H2,1-2H3,(H,21,28). The van der Waals surface area contributed by atoms with Crippen LogP contribution in [0, 0.1) is 13.8 Å². The topological polar surface area (TPSA) is 78.7 Å². The molecule has 3 aromatic rings. The van der Waals surface area contributed by atoms with E-state index in [0.29, 0.717) is 18.6 Å². The fourth-order valence-corrected chi connectivity index (χ4v) is 4.28. The lowest BCUT2D eigenvalue weighted by atomic mass is 9.87. The van der Waals surface area contributed by atoms with Gasteiger partial charge in [0.25, 0.3) is 0 Å². The summed E-state index contributed by atoms with van der Waals surface area (Å²) in [6, 6.07) is 12.6. The number of nitrogens with zero attached hydrogens (tertiary/aromatic N) is 6. The average Bonchev–Trinajstić information content (AvgIpc) is 3.06. The van der Waals surface area contributed by atoms with Gasteiger partial charge in [-0.3, -0.25) is 9.69 Å². The molecule has 3 aliphatic rings. The van der Waals surface area contributed by atoms with Gasteiger partial charge in [-0.05, 0) is 50.1 Å². The van der Waals surface area contributed by atoms with E-state index in [1.54, 1.807) is 4.52 Å². The van der Waals surface area contributed by atoms with Crippen LogP contribution in [0.1, 0.15) is 17.8 Å². The Morgan fingerprint density at radius 2 is 1.96 bits per heavy atom. The minimum atomic E-state index is 0.0495. The van der Waals surface area contributed by atoms with Crippen LogP contribution in [0.3, 0.4) is 0 Å². The molecule has 0 saturated carbocycles. The summed E-state index contributed by atoms with van der Waals surface area (Å²) in [6.07, 6.45) is 1.14. The molecule has 1 amide bonds. The summed E-state index contributed by atoms with van der Waals surface area (Å²) in [5, 5.41) is 15.9. The van der Waals surface area contributed by atoms with Crippen molar-refractivity contribution in [2.45, 2.75) is 32.4 Å². The summed E-state index contributed by atoms with van der Waals surface area (Å²) in [7, 11) is 0. The summed E-state index contributed by atoms with van der Waals surface area (Å²) in [5.74, 6) is 1.77. The molecule has 0 spiro atoms. The Kier molecular flexibility index (Phi) is 4.01. The zero-order valence-corrected chi connectivity index (χ0v) is 16.0. The van der Waals surface area contributed by atoms with Crippen molar-refractivity contribution in [1.82, 2.24) is 24.7 Å². The number of anilines is 2. The van der Waals surface area contributed by atoms with E-state index >= 15 is 0 Å². The molecule has 0 aliphatic carbocycles. The fraction of sp³-hybridized carbons (Fsp3) is 0.400. The molecule has 2 atom stereocenters. The Balaban J connectivity index is 1.23. The molecule has 0 radical (unpaired) electrons. The third-order valence-electron chi connectivity index (χ3n) is 5.70. The van der Waals surface area contributed by atoms with E-state index < -0.39 is 0 Å². The number of carbonyl (C=O) groups is 1. The Labute approximate surface area is 163 Å². The van der Waals surface area contributed by atoms with E-state index in [4.69, 9.17) is 0 Å². The van der Waals surface area contributed by atoms with Crippen LogP contribution >= 0.6 is 0 Å². The second-order valence-electron chi connectivity index (χ2n) is 7.75. The Bertz CT molecular complexity index is 1030. The van der Waals surface area contributed by atoms with Gasteiger partial charge < -0.3 is 10.2 Å². The Hall–Kier alpha value is -3.00. The Morgan fingerprint density at radius 3 is 2.75 bits per heavy atom. The molecule has 2 unspecified atom stereocenters. The molecule has 8 nitrogen and oxygen atoms in total. The second-order valence-corrected chi connectivity index (χ2v) is 7.75. The van der Waals surface area contributed by atoms with Crippen LogP contribution in [-0.4, -0.2) is 62.3 Å². The van der Waals surface area contributed by atoms with Gasteiger partial charge in [-0.2, -0.15) is 4.52 Å². The van der Waals surface area contributed by atoms with Crippen LogP contribution in [0.2, 0.25) is 0 Å². The molecule has 3 saturated heterocycles. The van der Waals surface area contributed by atoms with Crippen molar-refractivity contribution in [3.8, 4) is 0 Å². The number of aromatic nitrogens is 4. The number of rotatable bonds is 4. The third-order valence-corrected chi connectivity index (χ3v) is 5.70. The maximum Gasteiger partial charge on any atom is 0.238 e. The van der Waals surface area contributed by atoms with Crippen molar-refractivity contribution in [2.75, 3.05) is 29.9 Å². The van der Waals surface area contributed by atoms with Crippen LogP contribution in [0.5, 0.6) is 0 Å². The van der Waals surface area contributed by atoms with Crippen LogP contribution in [0.15, 0.2) is 36.4 Å². The molecule has 1 N–H and O–H groups in total. The van der Waals surface area contributed by atoms with Crippen molar-refractivity contribution < 1.29 is 4.79 Å². The zero-order valence-electron chi connectivity index (χ0n) is 16.0. The fourth-order valence-electron chi connectivity index (χ4n) is 4.28. The lowest BCUT2D eigenvalue weighted by molar-refractivity contribution is -0.121. The largest absolute Gasteiger partial charge is 0.352 e. The van der Waals surface area contributed by atoms with Gasteiger partial charge in [0.2, 0.25) is 5.91 Å². The number of amides is 1. The highest BCUT2D eigenvalue weighted by molar-refractivity contribution is 5.92. The van der Waals surface area contributed by atoms with Crippen LogP contribution in [-0.2, 0) is 4.79 Å². The minimum absolute atomic E-state index is 0.0495. The number of hydrogen-bond donors (Lipinski definition) is 1. The van der Waals surface area contributed by atoms with Crippen molar-refractivity contribution in [3.05, 3.63) is 47.8 Å². The average molecular weight is 377 g/mol. The lowest BCUT2D eigenvalue weighted by Crippen LogP contribution is -2.69. The summed E-state index contributed by atoms with van der Waals surface area (Å²) < 4.78 is 1.78. The number of piperazine rings is 1. The van der Waals surface area contributed by atoms with Gasteiger partial charge in [0, 0.05) is 30.9 Å². The maximum atomic E-state index is 12.5. The molecular formula is C20H23N7O. The van der Waals surface area contributed by atoms with Crippen LogP contribution in [0.4, 0.5) is 11.5 Å². The first kappa shape index (κ1) is 17.1. The molecular weight excluding hydrogens is 354 g/mol. The van der Waals surface area contributed by atoms with Gasteiger partial charge >= 0.3 is 0 Å². The number of aryl methyl sites for hydroxylation is 2. The summed E-state index contributed by atoms with van der Waals surface area (Å²) in [5.41, 5.74) is 2.76. The first-order chi connectivity index (χ1) is 13.6. The summed E-state index contributed by atoms with van der Waals surface area (Å²) in [6.45, 7) is 6.13. The minimum Gasteiger partial charge on any atom is -0.352 e. The molecule has 3 fully saturated rings. The maximum absolute atomic E-state index is 12.5. The van der Waals surface area contributed by atoms with Gasteiger partial charge in [-0.15, -0.1) is 15.3 Å². The van der Waals surface area contributed by atoms with E-state index in [9.17, 15) is 4.79 Å². The molecule has 1 aromatic carbocycles. The highest BCUT2D eigenvalue weighted by atomic mass is 16.2. The van der Waals surface area contributed by atoms with Crippen molar-refractivity contribution in [1.29, 1.82) is 0 Å². The lowest BCUT2D eigenvalue weighted by Gasteiger charge is -2.56. The van der Waals surface area contributed by atoms with Gasteiger partial charge in [-0.25, -0.2) is 0 Å². The zero-order chi connectivity index (χ0) is 19.3. The number of hydrogen-bond acceptors (Lipinski definition) is 6. The number of carbonyl (C=O) groups excluding carboxylic acids is 1. The smallest absolute Gasteiger partial charge is 0.238 e. The van der Waals surface area contributed by atoms with E-state index in [1.807, 2.05) is 50.2 Å². The van der Waals surface area contributed by atoms with E-state index in [-0.39, 0.29) is 5.91 Å². The monoisotopic (exact) mass is 377 g/mol. The quantitative estimate of drug-likeness (QED) is 0.745. The molecule has 2 aromatic heterocycles. The molecule has 5 heterocycles. The predicted octanol–water partition coefficient (Wildman–Crippen LogP) is 1.64. The first-order valence-corrected chi connectivity index (χ1v) is 9.63. The molecule has 3 aliphatic heterocycles. The molecule has 144 valence electrons. The molecule has 28 heavy (non-hydrogen) atoms. The first-order valence-electron chi connectivity index (χ1n) is 9.63. The predicted molar refractivity (Wildman–Crippen MR) is 106 cm³/mol. The van der Waals surface area contributed by atoms with E-state index in [0.717, 1.165) is 48.1 Å². The third kappa shape index (κ3) is 2.99. The van der Waals surface area contributed by atoms with Crippen molar-refractivity contribution in [3.63, 3.8) is 0 Å². The van der Waals surface area contributed by atoms with Crippen LogP contribution < -0.4 is 10.2 Å². The van der Waals surface area contributed by atoms with E-state index in [2.05, 4.69) is 30.4 Å². The normalized spacial score (nSPS) is 21.6. The van der Waals surface area contributed by atoms with Gasteiger partial charge in [0.15, 0.2) is 11.5 Å². The van der Waals surface area contributed by atoms with Gasteiger partial charge in [-0.1, -0.05) is 12.1 Å².